The minimum absolute atomic E-state index is 0.0134. The lowest BCUT2D eigenvalue weighted by Crippen LogP contribution is -2.50. The summed E-state index contributed by atoms with van der Waals surface area (Å²) in [5, 5.41) is 10.5. The van der Waals surface area contributed by atoms with Crippen molar-refractivity contribution in [3.05, 3.63) is 28.8 Å². The van der Waals surface area contributed by atoms with Crippen molar-refractivity contribution in [2.75, 3.05) is 39.0 Å². The molecule has 2 aliphatic heterocycles. The SMILES string of the molecule is CNC(=O)C(=O)C(CC1CCNC1=O)NC(=O)c1cc(Cl)ccc1NC(=O)C1CN(C)C1. The van der Waals surface area contributed by atoms with Gasteiger partial charge in [-0.05, 0) is 38.1 Å². The molecule has 1 aromatic carbocycles. The summed E-state index contributed by atoms with van der Waals surface area (Å²) in [4.78, 5) is 64.0. The maximum atomic E-state index is 13.1. The molecule has 172 valence electrons. The van der Waals surface area contributed by atoms with Gasteiger partial charge in [-0.2, -0.15) is 0 Å². The predicted octanol–water partition coefficient (Wildman–Crippen LogP) is -0.220. The van der Waals surface area contributed by atoms with E-state index in [1.807, 2.05) is 11.9 Å². The Hall–Kier alpha value is -2.98. The van der Waals surface area contributed by atoms with Crippen molar-refractivity contribution in [3.8, 4) is 0 Å². The molecule has 10 nitrogen and oxygen atoms in total. The van der Waals surface area contributed by atoms with Crippen molar-refractivity contribution in [2.24, 2.45) is 11.8 Å². The molecule has 0 saturated carbocycles. The molecule has 0 radical (unpaired) electrons. The van der Waals surface area contributed by atoms with Crippen LogP contribution in [0.25, 0.3) is 0 Å². The van der Waals surface area contributed by atoms with Crippen molar-refractivity contribution in [2.45, 2.75) is 18.9 Å². The van der Waals surface area contributed by atoms with Crippen LogP contribution in [0.3, 0.4) is 0 Å². The van der Waals surface area contributed by atoms with Crippen molar-refractivity contribution in [1.29, 1.82) is 0 Å². The molecule has 2 heterocycles. The highest BCUT2D eigenvalue weighted by Crippen LogP contribution is 2.24. The third-order valence-electron chi connectivity index (χ3n) is 5.67. The number of ketones is 1. The molecule has 1 aromatic rings. The summed E-state index contributed by atoms with van der Waals surface area (Å²) >= 11 is 6.06. The Balaban J connectivity index is 1.79. The fourth-order valence-corrected chi connectivity index (χ4v) is 3.99. The molecule has 2 saturated heterocycles. The smallest absolute Gasteiger partial charge is 0.289 e. The van der Waals surface area contributed by atoms with Gasteiger partial charge < -0.3 is 26.2 Å². The average molecular weight is 464 g/mol. The molecule has 4 N–H and O–H groups in total. The number of Topliss-reactive ketones (excluding diaryl/α,β-unsaturated/α-hetero) is 1. The first-order valence-corrected chi connectivity index (χ1v) is 10.7. The molecule has 0 bridgehead atoms. The van der Waals surface area contributed by atoms with Crippen LogP contribution in [0, 0.1) is 11.8 Å². The number of hydrogen-bond donors (Lipinski definition) is 4. The fourth-order valence-electron chi connectivity index (χ4n) is 3.82. The number of carbonyl (C=O) groups excluding carboxylic acids is 5. The molecule has 2 fully saturated rings. The maximum absolute atomic E-state index is 13.1. The van der Waals surface area contributed by atoms with Gasteiger partial charge in [0.15, 0.2) is 0 Å². The summed E-state index contributed by atoms with van der Waals surface area (Å²) in [6, 6.07) is 3.22. The van der Waals surface area contributed by atoms with Gasteiger partial charge in [0.1, 0.15) is 0 Å². The number of hydrogen-bond acceptors (Lipinski definition) is 6. The lowest BCUT2D eigenvalue weighted by molar-refractivity contribution is -0.139. The molecule has 2 unspecified atom stereocenters. The number of nitrogens with zero attached hydrogens (tertiary/aromatic N) is 1. The molecule has 0 aromatic heterocycles. The standard InChI is InChI=1S/C21H26ClN5O5/c1-23-21(32)17(28)16(7-11-5-6-24-18(11)29)26-20(31)14-8-13(22)3-4-15(14)25-19(30)12-9-27(2)10-12/h3-4,8,11-12,16H,5-7,9-10H2,1-2H3,(H,23,32)(H,24,29)(H,25,30)(H,26,31). The molecule has 0 aliphatic carbocycles. The zero-order valence-corrected chi connectivity index (χ0v) is 18.6. The Kier molecular flexibility index (Phi) is 7.47. The van der Waals surface area contributed by atoms with Crippen molar-refractivity contribution in [3.63, 3.8) is 0 Å². The zero-order valence-electron chi connectivity index (χ0n) is 17.9. The highest BCUT2D eigenvalue weighted by atomic mass is 35.5. The lowest BCUT2D eigenvalue weighted by Gasteiger charge is -2.35. The van der Waals surface area contributed by atoms with Gasteiger partial charge in [0.2, 0.25) is 17.6 Å². The van der Waals surface area contributed by atoms with E-state index in [2.05, 4.69) is 21.3 Å². The third-order valence-corrected chi connectivity index (χ3v) is 5.91. The van der Waals surface area contributed by atoms with Crippen molar-refractivity contribution in [1.82, 2.24) is 20.9 Å². The molecular weight excluding hydrogens is 438 g/mol. The van der Waals surface area contributed by atoms with Crippen molar-refractivity contribution >= 4 is 46.7 Å². The van der Waals surface area contributed by atoms with Crippen LogP contribution in [0.5, 0.6) is 0 Å². The third kappa shape index (κ3) is 5.43. The van der Waals surface area contributed by atoms with Crippen LogP contribution in [0.15, 0.2) is 18.2 Å². The van der Waals surface area contributed by atoms with E-state index in [0.29, 0.717) is 26.1 Å². The van der Waals surface area contributed by atoms with Crippen LogP contribution in [-0.4, -0.2) is 74.1 Å². The molecule has 0 spiro atoms. The van der Waals surface area contributed by atoms with Crippen LogP contribution in [-0.2, 0) is 19.2 Å². The summed E-state index contributed by atoms with van der Waals surface area (Å²) < 4.78 is 0. The fraction of sp³-hybridized carbons (Fsp3) is 0.476. The Morgan fingerprint density at radius 1 is 1.25 bits per heavy atom. The number of likely N-dealkylation sites (tertiary alicyclic amines) is 1. The summed E-state index contributed by atoms with van der Waals surface area (Å²) in [7, 11) is 3.21. The Morgan fingerprint density at radius 2 is 1.97 bits per heavy atom. The van der Waals surface area contributed by atoms with Gasteiger partial charge in [-0.1, -0.05) is 11.6 Å². The normalized spacial score (nSPS) is 19.5. The van der Waals surface area contributed by atoms with E-state index < -0.39 is 29.6 Å². The van der Waals surface area contributed by atoms with E-state index >= 15 is 0 Å². The minimum Gasteiger partial charge on any atom is -0.356 e. The number of likely N-dealkylation sites (N-methyl/N-ethyl adjacent to an activating group) is 1. The topological polar surface area (TPSA) is 137 Å². The first-order valence-electron chi connectivity index (χ1n) is 10.3. The van der Waals surface area contributed by atoms with Crippen LogP contribution >= 0.6 is 11.6 Å². The van der Waals surface area contributed by atoms with Gasteiger partial charge in [0.25, 0.3) is 11.8 Å². The second-order valence-corrected chi connectivity index (χ2v) is 8.52. The minimum atomic E-state index is -1.21. The first-order chi connectivity index (χ1) is 15.2. The second kappa shape index (κ2) is 10.1. The second-order valence-electron chi connectivity index (χ2n) is 8.08. The van der Waals surface area contributed by atoms with Crippen molar-refractivity contribution < 1.29 is 24.0 Å². The molecule has 2 atom stereocenters. The van der Waals surface area contributed by atoms with E-state index in [1.54, 1.807) is 0 Å². The van der Waals surface area contributed by atoms with Crippen LogP contribution in [0.2, 0.25) is 5.02 Å². The number of nitrogens with one attached hydrogen (secondary N) is 4. The largest absolute Gasteiger partial charge is 0.356 e. The predicted molar refractivity (Wildman–Crippen MR) is 117 cm³/mol. The van der Waals surface area contributed by atoms with Gasteiger partial charge >= 0.3 is 0 Å². The van der Waals surface area contributed by atoms with E-state index in [1.165, 1.54) is 25.2 Å². The molecule has 32 heavy (non-hydrogen) atoms. The Morgan fingerprint density at radius 3 is 2.56 bits per heavy atom. The van der Waals surface area contributed by atoms with E-state index in [0.717, 1.165) is 0 Å². The number of anilines is 1. The van der Waals surface area contributed by atoms with Gasteiger partial charge in [-0.25, -0.2) is 0 Å². The monoisotopic (exact) mass is 463 g/mol. The number of amides is 4. The van der Waals surface area contributed by atoms with E-state index in [9.17, 15) is 24.0 Å². The van der Waals surface area contributed by atoms with E-state index in [-0.39, 0.29) is 40.4 Å². The van der Waals surface area contributed by atoms with Crippen LogP contribution in [0.4, 0.5) is 5.69 Å². The van der Waals surface area contributed by atoms with Gasteiger partial charge in [-0.3, -0.25) is 24.0 Å². The van der Waals surface area contributed by atoms with E-state index in [4.69, 9.17) is 11.6 Å². The van der Waals surface area contributed by atoms with Gasteiger partial charge in [0, 0.05) is 37.6 Å². The summed E-state index contributed by atoms with van der Waals surface area (Å²) in [5.74, 6) is -3.55. The zero-order chi connectivity index (χ0) is 23.4. The molecule has 2 aliphatic rings. The number of benzene rings is 1. The maximum Gasteiger partial charge on any atom is 0.289 e. The van der Waals surface area contributed by atoms with Gasteiger partial charge in [0.05, 0.1) is 23.2 Å². The van der Waals surface area contributed by atoms with Crippen LogP contribution < -0.4 is 21.3 Å². The Bertz CT molecular complexity index is 947. The number of halogens is 1. The van der Waals surface area contributed by atoms with Crippen LogP contribution in [0.1, 0.15) is 23.2 Å². The highest BCUT2D eigenvalue weighted by molar-refractivity contribution is 6.38. The molecule has 3 rings (SSSR count). The lowest BCUT2D eigenvalue weighted by atomic mass is 9.95. The quantitative estimate of drug-likeness (QED) is 0.393. The molecule has 4 amide bonds. The summed E-state index contributed by atoms with van der Waals surface area (Å²) in [6.45, 7) is 1.71. The molecule has 11 heteroatoms. The molecular formula is C21H26ClN5O5. The highest BCUT2D eigenvalue weighted by Gasteiger charge is 2.35. The Labute approximate surface area is 190 Å². The van der Waals surface area contributed by atoms with Gasteiger partial charge in [-0.15, -0.1) is 0 Å². The first kappa shape index (κ1) is 23.7. The number of rotatable bonds is 8. The number of carbonyl (C=O) groups is 5. The summed E-state index contributed by atoms with van der Waals surface area (Å²) in [5.41, 5.74) is 0.306. The summed E-state index contributed by atoms with van der Waals surface area (Å²) in [6.07, 6.45) is 0.487. The average Bonchev–Trinajstić information content (AvgIpc) is 3.15.